The number of amides is 1. The molecule has 0 spiro atoms. The van der Waals surface area contributed by atoms with Gasteiger partial charge in [-0.05, 0) is 49.7 Å². The van der Waals surface area contributed by atoms with Crippen molar-refractivity contribution in [2.75, 3.05) is 0 Å². The lowest BCUT2D eigenvalue weighted by atomic mass is 10.1. The van der Waals surface area contributed by atoms with E-state index in [1.807, 2.05) is 0 Å². The summed E-state index contributed by atoms with van der Waals surface area (Å²) in [6.45, 7) is 3.02. The van der Waals surface area contributed by atoms with Crippen LogP contribution in [0.2, 0.25) is 10.0 Å². The van der Waals surface area contributed by atoms with Gasteiger partial charge in [0.2, 0.25) is 0 Å². The minimum Gasteiger partial charge on any atom is -0.442 e. The van der Waals surface area contributed by atoms with Gasteiger partial charge in [0.05, 0.1) is 6.54 Å². The molecule has 2 heterocycles. The Kier molecular flexibility index (Phi) is 7.00. The molecule has 1 amide bonds. The summed E-state index contributed by atoms with van der Waals surface area (Å²) in [5, 5.41) is 11.6. The maximum Gasteiger partial charge on any atom is 0.404 e. The van der Waals surface area contributed by atoms with Crippen LogP contribution in [0, 0.1) is 0 Å². The molecule has 31 heavy (non-hydrogen) atoms. The summed E-state index contributed by atoms with van der Waals surface area (Å²) in [6, 6.07) is 8.15. The van der Waals surface area contributed by atoms with Gasteiger partial charge < -0.3 is 20.1 Å². The molecule has 8 nitrogen and oxygen atoms in total. The van der Waals surface area contributed by atoms with Crippen molar-refractivity contribution in [3.8, 4) is 0 Å². The predicted molar refractivity (Wildman–Crippen MR) is 116 cm³/mol. The fourth-order valence-corrected chi connectivity index (χ4v) is 5.08. The van der Waals surface area contributed by atoms with Gasteiger partial charge in [0.15, 0.2) is 6.61 Å². The first kappa shape index (κ1) is 23.2. The van der Waals surface area contributed by atoms with Crippen LogP contribution < -0.4 is 5.73 Å². The Balaban J connectivity index is 2.22. The highest BCUT2D eigenvalue weighted by molar-refractivity contribution is 7.85. The SMILES string of the molecule is CC(C)(O)c1nc(COC(N)=O)n(Cc2ccncc2)c1S(=O)c1cc(Cl)cc(Cl)c1. The number of nitrogens with zero attached hydrogens (tertiary/aromatic N) is 3. The van der Waals surface area contributed by atoms with Crippen LogP contribution in [0.15, 0.2) is 52.6 Å². The molecule has 11 heteroatoms. The first-order valence-corrected chi connectivity index (χ1v) is 11.0. The molecule has 1 aromatic carbocycles. The van der Waals surface area contributed by atoms with Crippen molar-refractivity contribution in [1.29, 1.82) is 0 Å². The topological polar surface area (TPSA) is 120 Å². The van der Waals surface area contributed by atoms with Gasteiger partial charge in [0.1, 0.15) is 32.9 Å². The third-order valence-corrected chi connectivity index (χ3v) is 6.10. The molecular weight excluding hydrogens is 463 g/mol. The molecule has 0 saturated heterocycles. The molecule has 3 N–H and O–H groups in total. The summed E-state index contributed by atoms with van der Waals surface area (Å²) in [5.41, 5.74) is 4.66. The summed E-state index contributed by atoms with van der Waals surface area (Å²) in [5.74, 6) is 0.268. The van der Waals surface area contributed by atoms with E-state index in [2.05, 4.69) is 9.97 Å². The van der Waals surface area contributed by atoms with Gasteiger partial charge >= 0.3 is 6.09 Å². The monoisotopic (exact) mass is 482 g/mol. The molecule has 1 atom stereocenters. The largest absolute Gasteiger partial charge is 0.442 e. The number of carbonyl (C=O) groups is 1. The van der Waals surface area contributed by atoms with Crippen LogP contribution in [-0.2, 0) is 34.3 Å². The number of carbonyl (C=O) groups excluding carboxylic acids is 1. The molecule has 0 bridgehead atoms. The summed E-state index contributed by atoms with van der Waals surface area (Å²) in [7, 11) is -1.82. The van der Waals surface area contributed by atoms with Crippen LogP contribution in [0.4, 0.5) is 4.79 Å². The van der Waals surface area contributed by atoms with E-state index in [1.54, 1.807) is 29.1 Å². The summed E-state index contributed by atoms with van der Waals surface area (Å²) < 4.78 is 20.2. The molecule has 0 saturated carbocycles. The normalized spacial score (nSPS) is 12.5. The Morgan fingerprint density at radius 1 is 1.23 bits per heavy atom. The summed E-state index contributed by atoms with van der Waals surface area (Å²) >= 11 is 12.2. The molecule has 0 aliphatic rings. The fourth-order valence-electron chi connectivity index (χ4n) is 2.90. The minimum absolute atomic E-state index is 0.166. The number of rotatable bonds is 7. The van der Waals surface area contributed by atoms with Crippen molar-refractivity contribution in [2.24, 2.45) is 5.73 Å². The van der Waals surface area contributed by atoms with Crippen LogP contribution in [0.1, 0.15) is 30.9 Å². The van der Waals surface area contributed by atoms with Crippen molar-refractivity contribution < 1.29 is 18.8 Å². The second-order valence-electron chi connectivity index (χ2n) is 7.16. The van der Waals surface area contributed by atoms with E-state index in [-0.39, 0.29) is 29.7 Å². The Morgan fingerprint density at radius 3 is 2.39 bits per heavy atom. The number of pyridine rings is 1. The number of halogens is 2. The van der Waals surface area contributed by atoms with Crippen LogP contribution in [-0.4, -0.2) is 29.9 Å². The van der Waals surface area contributed by atoms with Gasteiger partial charge in [-0.25, -0.2) is 14.0 Å². The number of hydrogen-bond donors (Lipinski definition) is 2. The zero-order valence-corrected chi connectivity index (χ0v) is 19.0. The highest BCUT2D eigenvalue weighted by Crippen LogP contribution is 2.32. The van der Waals surface area contributed by atoms with E-state index in [1.165, 1.54) is 32.0 Å². The number of benzene rings is 1. The van der Waals surface area contributed by atoms with Crippen LogP contribution >= 0.6 is 23.2 Å². The Morgan fingerprint density at radius 2 is 1.84 bits per heavy atom. The number of hydrogen-bond acceptors (Lipinski definition) is 6. The Bertz CT molecular complexity index is 1110. The van der Waals surface area contributed by atoms with Crippen molar-refractivity contribution in [3.05, 3.63) is 69.9 Å². The van der Waals surface area contributed by atoms with E-state index in [4.69, 9.17) is 33.7 Å². The molecule has 3 aromatic rings. The molecule has 0 fully saturated rings. The van der Waals surface area contributed by atoms with Crippen molar-refractivity contribution in [2.45, 2.75) is 42.5 Å². The molecule has 3 rings (SSSR count). The van der Waals surface area contributed by atoms with E-state index >= 15 is 0 Å². The third-order valence-electron chi connectivity index (χ3n) is 4.24. The highest BCUT2D eigenvalue weighted by atomic mass is 35.5. The molecule has 0 aliphatic carbocycles. The Hall–Kier alpha value is -2.46. The van der Waals surface area contributed by atoms with Crippen molar-refractivity contribution >= 4 is 40.1 Å². The molecule has 2 aromatic heterocycles. The van der Waals surface area contributed by atoms with Gasteiger partial charge in [0.25, 0.3) is 0 Å². The van der Waals surface area contributed by atoms with Crippen molar-refractivity contribution in [3.63, 3.8) is 0 Å². The lowest BCUT2D eigenvalue weighted by molar-refractivity contribution is 0.0706. The smallest absolute Gasteiger partial charge is 0.404 e. The minimum atomic E-state index is -1.82. The molecular formula is C20H20Cl2N4O4S. The van der Waals surface area contributed by atoms with E-state index in [9.17, 15) is 14.1 Å². The average Bonchev–Trinajstić information content (AvgIpc) is 3.04. The van der Waals surface area contributed by atoms with Gasteiger partial charge in [-0.2, -0.15) is 0 Å². The van der Waals surface area contributed by atoms with Crippen LogP contribution in [0.3, 0.4) is 0 Å². The summed E-state index contributed by atoms with van der Waals surface area (Å²) in [4.78, 5) is 20.0. The molecule has 0 radical (unpaired) electrons. The third kappa shape index (κ3) is 5.62. The second-order valence-corrected chi connectivity index (χ2v) is 9.43. The molecule has 164 valence electrons. The zero-order valence-electron chi connectivity index (χ0n) is 16.7. The number of aliphatic hydroxyl groups is 1. The average molecular weight is 483 g/mol. The van der Waals surface area contributed by atoms with E-state index in [0.29, 0.717) is 14.9 Å². The quantitative estimate of drug-likeness (QED) is 0.530. The fraction of sp³-hybridized carbons (Fsp3) is 0.250. The lowest BCUT2D eigenvalue weighted by Crippen LogP contribution is -2.20. The second kappa shape index (κ2) is 9.35. The number of ether oxygens (including phenoxy) is 1. The molecule has 1 unspecified atom stereocenters. The van der Waals surface area contributed by atoms with Crippen LogP contribution in [0.25, 0.3) is 0 Å². The van der Waals surface area contributed by atoms with Gasteiger partial charge in [-0.3, -0.25) is 4.98 Å². The lowest BCUT2D eigenvalue weighted by Gasteiger charge is -2.18. The number of nitrogens with two attached hydrogens (primary N) is 1. The number of primary amides is 1. The van der Waals surface area contributed by atoms with Crippen LogP contribution in [0.5, 0.6) is 0 Å². The number of aromatic nitrogens is 3. The molecule has 0 aliphatic heterocycles. The predicted octanol–water partition coefficient (Wildman–Crippen LogP) is 3.62. The number of imidazole rings is 1. The van der Waals surface area contributed by atoms with Crippen molar-refractivity contribution in [1.82, 2.24) is 14.5 Å². The maximum absolute atomic E-state index is 13.7. The van der Waals surface area contributed by atoms with Gasteiger partial charge in [0, 0.05) is 27.3 Å². The van der Waals surface area contributed by atoms with E-state index < -0.39 is 22.5 Å². The van der Waals surface area contributed by atoms with Gasteiger partial charge in [-0.15, -0.1) is 0 Å². The first-order chi connectivity index (χ1) is 14.6. The highest BCUT2D eigenvalue weighted by Gasteiger charge is 2.32. The summed E-state index contributed by atoms with van der Waals surface area (Å²) in [6.07, 6.45) is 2.26. The Labute approximate surface area is 191 Å². The first-order valence-electron chi connectivity index (χ1n) is 9.07. The van der Waals surface area contributed by atoms with Gasteiger partial charge in [-0.1, -0.05) is 23.2 Å². The van der Waals surface area contributed by atoms with E-state index in [0.717, 1.165) is 5.56 Å². The standard InChI is InChI=1S/C20H20Cl2N4O4S/c1-20(2,28)17-18(31(29)15-8-13(21)7-14(22)9-15)26(10-12-3-5-24-6-4-12)16(25-17)11-30-19(23)27/h3-9,28H,10-11H2,1-2H3,(H2,23,27). The zero-order chi connectivity index (χ0) is 22.8. The maximum atomic E-state index is 13.7.